The van der Waals surface area contributed by atoms with Crippen molar-refractivity contribution in [3.8, 4) is 5.75 Å². The predicted octanol–water partition coefficient (Wildman–Crippen LogP) is 0.528. The van der Waals surface area contributed by atoms with Crippen molar-refractivity contribution in [1.29, 1.82) is 0 Å². The van der Waals surface area contributed by atoms with Crippen molar-refractivity contribution in [2.45, 2.75) is 18.6 Å². The van der Waals surface area contributed by atoms with E-state index < -0.39 is 18.0 Å². The number of hydrogen-bond acceptors (Lipinski definition) is 4. The van der Waals surface area contributed by atoms with Crippen molar-refractivity contribution in [2.75, 3.05) is 13.1 Å². The van der Waals surface area contributed by atoms with Crippen LogP contribution in [0.1, 0.15) is 6.42 Å². The minimum atomic E-state index is -0.788. The number of para-hydroxylation sites is 1. The lowest BCUT2D eigenvalue weighted by Gasteiger charge is -2.39. The lowest BCUT2D eigenvalue weighted by atomic mass is 10.1. The lowest BCUT2D eigenvalue weighted by molar-refractivity contribution is -0.141. The first-order chi connectivity index (χ1) is 10.5. The van der Waals surface area contributed by atoms with Gasteiger partial charge in [0.2, 0.25) is 5.91 Å². The molecule has 2 aliphatic rings. The predicted molar refractivity (Wildman–Crippen MR) is 77.5 cm³/mol. The highest BCUT2D eigenvalue weighted by Crippen LogP contribution is 2.26. The third-order valence-electron chi connectivity index (χ3n) is 3.57. The number of urea groups is 1. The number of carbonyl (C=O) groups excluding carboxylic acids is 3. The maximum Gasteiger partial charge on any atom is 0.322 e. The molecule has 2 aliphatic heterocycles. The Bertz CT molecular complexity index is 630. The Labute approximate surface area is 131 Å². The van der Waals surface area contributed by atoms with E-state index in [2.05, 4.69) is 10.6 Å². The summed E-state index contributed by atoms with van der Waals surface area (Å²) >= 11 is 6.00. The van der Waals surface area contributed by atoms with E-state index in [0.717, 1.165) is 0 Å². The molecule has 0 saturated carbocycles. The van der Waals surface area contributed by atoms with E-state index in [1.54, 1.807) is 17.0 Å². The molecule has 2 heterocycles. The smallest absolute Gasteiger partial charge is 0.322 e. The van der Waals surface area contributed by atoms with Crippen molar-refractivity contribution in [3.05, 3.63) is 29.3 Å². The molecule has 0 unspecified atom stereocenters. The van der Waals surface area contributed by atoms with Crippen LogP contribution in [0.5, 0.6) is 5.75 Å². The maximum atomic E-state index is 12.0. The highest BCUT2D eigenvalue weighted by atomic mass is 35.5. The van der Waals surface area contributed by atoms with Crippen molar-refractivity contribution >= 4 is 29.4 Å². The number of rotatable bonds is 4. The summed E-state index contributed by atoms with van der Waals surface area (Å²) in [7, 11) is 0. The van der Waals surface area contributed by atoms with Crippen LogP contribution in [0.4, 0.5) is 4.79 Å². The quantitative estimate of drug-likeness (QED) is 0.791. The Kier molecular flexibility index (Phi) is 3.89. The second-order valence-electron chi connectivity index (χ2n) is 5.19. The van der Waals surface area contributed by atoms with E-state index in [-0.39, 0.29) is 18.4 Å². The number of imide groups is 1. The number of benzene rings is 1. The summed E-state index contributed by atoms with van der Waals surface area (Å²) in [6.07, 6.45) is -0.160. The molecule has 3 rings (SSSR count). The minimum Gasteiger partial charge on any atom is -0.485 e. The van der Waals surface area contributed by atoms with Gasteiger partial charge in [-0.15, -0.1) is 0 Å². The van der Waals surface area contributed by atoms with Gasteiger partial charge in [0.15, 0.2) is 0 Å². The highest BCUT2D eigenvalue weighted by molar-refractivity contribution is 6.32. The highest BCUT2D eigenvalue weighted by Gasteiger charge is 2.37. The third-order valence-corrected chi connectivity index (χ3v) is 3.88. The van der Waals surface area contributed by atoms with Crippen LogP contribution in [0.2, 0.25) is 5.02 Å². The number of carbonyl (C=O) groups is 3. The average molecular weight is 324 g/mol. The van der Waals surface area contributed by atoms with Crippen LogP contribution in [0.3, 0.4) is 0 Å². The number of amides is 4. The van der Waals surface area contributed by atoms with E-state index >= 15 is 0 Å². The summed E-state index contributed by atoms with van der Waals surface area (Å²) in [5, 5.41) is 5.02. The Hall–Kier alpha value is -2.28. The molecule has 22 heavy (non-hydrogen) atoms. The van der Waals surface area contributed by atoms with Crippen LogP contribution in [-0.2, 0) is 9.59 Å². The number of likely N-dealkylation sites (tertiary alicyclic amines) is 1. The van der Waals surface area contributed by atoms with Gasteiger partial charge in [-0.3, -0.25) is 14.9 Å². The van der Waals surface area contributed by atoms with Crippen molar-refractivity contribution in [2.24, 2.45) is 0 Å². The largest absolute Gasteiger partial charge is 0.485 e. The Morgan fingerprint density at radius 2 is 2.05 bits per heavy atom. The van der Waals surface area contributed by atoms with Gasteiger partial charge in [-0.25, -0.2) is 4.79 Å². The summed E-state index contributed by atoms with van der Waals surface area (Å²) in [5.41, 5.74) is 0. The first-order valence-corrected chi connectivity index (χ1v) is 7.21. The van der Waals surface area contributed by atoms with Crippen LogP contribution in [0.15, 0.2) is 24.3 Å². The molecular formula is C14H14ClN3O4. The van der Waals surface area contributed by atoms with Crippen LogP contribution < -0.4 is 15.4 Å². The fourth-order valence-electron chi connectivity index (χ4n) is 2.34. The Balaban J connectivity index is 1.47. The monoisotopic (exact) mass is 323 g/mol. The van der Waals surface area contributed by atoms with Crippen LogP contribution >= 0.6 is 11.6 Å². The second kappa shape index (κ2) is 5.84. The summed E-state index contributed by atoms with van der Waals surface area (Å²) in [6.45, 7) is 0.874. The molecule has 4 amide bonds. The molecule has 1 aromatic rings. The fraction of sp³-hybridized carbons (Fsp3) is 0.357. The lowest BCUT2D eigenvalue weighted by Crippen LogP contribution is -2.57. The molecule has 0 aromatic heterocycles. The van der Waals surface area contributed by atoms with E-state index in [1.807, 2.05) is 12.1 Å². The van der Waals surface area contributed by atoms with Gasteiger partial charge >= 0.3 is 6.03 Å². The van der Waals surface area contributed by atoms with Gasteiger partial charge in [-0.1, -0.05) is 23.7 Å². The molecule has 2 N–H and O–H groups in total. The molecule has 7 nitrogen and oxygen atoms in total. The Morgan fingerprint density at radius 3 is 2.68 bits per heavy atom. The molecule has 1 aromatic carbocycles. The van der Waals surface area contributed by atoms with Crippen LogP contribution in [-0.4, -0.2) is 48.0 Å². The number of nitrogens with zero attached hydrogens (tertiary/aromatic N) is 1. The first-order valence-electron chi connectivity index (χ1n) is 6.83. The van der Waals surface area contributed by atoms with E-state index in [1.165, 1.54) is 0 Å². The normalized spacial score (nSPS) is 21.1. The maximum absolute atomic E-state index is 12.0. The molecule has 0 radical (unpaired) electrons. The molecule has 0 bridgehead atoms. The number of ether oxygens (including phenoxy) is 1. The SMILES string of the molecule is O=C1NC(=O)[C@@H](CC(=O)N2CC(Oc3ccccc3Cl)C2)N1. The zero-order valence-electron chi connectivity index (χ0n) is 11.5. The Morgan fingerprint density at radius 1 is 1.32 bits per heavy atom. The third kappa shape index (κ3) is 2.99. The van der Waals surface area contributed by atoms with Gasteiger partial charge in [0.1, 0.15) is 17.9 Å². The minimum absolute atomic E-state index is 0.0453. The first kappa shape index (κ1) is 14.6. The van der Waals surface area contributed by atoms with E-state index in [9.17, 15) is 14.4 Å². The molecule has 0 spiro atoms. The van der Waals surface area contributed by atoms with E-state index in [0.29, 0.717) is 23.9 Å². The summed E-state index contributed by atoms with van der Waals surface area (Å²) < 4.78 is 5.69. The van der Waals surface area contributed by atoms with Crippen molar-refractivity contribution in [1.82, 2.24) is 15.5 Å². The number of halogens is 1. The van der Waals surface area contributed by atoms with Crippen molar-refractivity contribution < 1.29 is 19.1 Å². The molecule has 116 valence electrons. The average Bonchev–Trinajstić information content (AvgIpc) is 2.73. The topological polar surface area (TPSA) is 87.7 Å². The summed E-state index contributed by atoms with van der Waals surface area (Å²) in [4.78, 5) is 36.0. The molecule has 0 aliphatic carbocycles. The van der Waals surface area contributed by atoms with Gasteiger partial charge in [-0.2, -0.15) is 0 Å². The molecular weight excluding hydrogens is 310 g/mol. The summed E-state index contributed by atoms with van der Waals surface area (Å²) in [5.74, 6) is -0.0761. The van der Waals surface area contributed by atoms with E-state index in [4.69, 9.17) is 16.3 Å². The second-order valence-corrected chi connectivity index (χ2v) is 5.60. The molecule has 2 fully saturated rings. The zero-order valence-corrected chi connectivity index (χ0v) is 12.3. The van der Waals surface area contributed by atoms with Crippen LogP contribution in [0, 0.1) is 0 Å². The number of hydrogen-bond donors (Lipinski definition) is 2. The van der Waals surface area contributed by atoms with Crippen molar-refractivity contribution in [3.63, 3.8) is 0 Å². The fourth-order valence-corrected chi connectivity index (χ4v) is 2.52. The van der Waals surface area contributed by atoms with Gasteiger partial charge in [0.25, 0.3) is 5.91 Å². The standard InChI is InChI=1S/C14H14ClN3O4/c15-9-3-1-2-4-11(9)22-8-6-18(7-8)12(19)5-10-13(20)17-14(21)16-10/h1-4,8,10H,5-7H2,(H2,16,17,20,21)/t10-/m1/s1. The van der Waals surface area contributed by atoms with Gasteiger partial charge < -0.3 is 15.0 Å². The molecule has 2 saturated heterocycles. The zero-order chi connectivity index (χ0) is 15.7. The molecule has 1 atom stereocenters. The van der Waals surface area contributed by atoms with Gasteiger partial charge in [0, 0.05) is 0 Å². The summed E-state index contributed by atoms with van der Waals surface area (Å²) in [6, 6.07) is 5.79. The number of nitrogens with one attached hydrogen (secondary N) is 2. The van der Waals surface area contributed by atoms with Crippen LogP contribution in [0.25, 0.3) is 0 Å². The van der Waals surface area contributed by atoms with Gasteiger partial charge in [-0.05, 0) is 12.1 Å². The van der Waals surface area contributed by atoms with Gasteiger partial charge in [0.05, 0.1) is 24.5 Å². The molecule has 8 heteroatoms.